The Kier molecular flexibility index (Phi) is 7.28. The number of aliphatic hydroxyl groups is 1. The lowest BCUT2D eigenvalue weighted by Crippen LogP contribution is -2.49. The molecular formula is C26H33N5O4. The predicted molar refractivity (Wildman–Crippen MR) is 137 cm³/mol. The van der Waals surface area contributed by atoms with Gasteiger partial charge in [0.2, 0.25) is 0 Å². The molecule has 4 N–H and O–H groups in total. The molecule has 35 heavy (non-hydrogen) atoms. The van der Waals surface area contributed by atoms with Gasteiger partial charge in [0.1, 0.15) is 6.10 Å². The van der Waals surface area contributed by atoms with Gasteiger partial charge in [-0.2, -0.15) is 0 Å². The Morgan fingerprint density at radius 2 is 1.89 bits per heavy atom. The van der Waals surface area contributed by atoms with Gasteiger partial charge in [-0.05, 0) is 44.3 Å². The van der Waals surface area contributed by atoms with Crippen LogP contribution in [0.4, 0.5) is 16.2 Å². The second kappa shape index (κ2) is 10.4. The van der Waals surface area contributed by atoms with Crippen molar-refractivity contribution in [2.45, 2.75) is 26.0 Å². The molecule has 3 unspecified atom stereocenters. The third-order valence-electron chi connectivity index (χ3n) is 6.52. The van der Waals surface area contributed by atoms with E-state index in [-0.39, 0.29) is 30.6 Å². The zero-order valence-electron chi connectivity index (χ0n) is 20.5. The number of aryl methyl sites for hydroxylation is 1. The van der Waals surface area contributed by atoms with E-state index in [0.29, 0.717) is 35.8 Å². The molecule has 9 heteroatoms. The van der Waals surface area contributed by atoms with Gasteiger partial charge in [-0.25, -0.2) is 4.79 Å². The molecule has 186 valence electrons. The maximum Gasteiger partial charge on any atom is 0.323 e. The molecule has 1 aromatic heterocycles. The van der Waals surface area contributed by atoms with E-state index in [1.807, 2.05) is 63.0 Å². The number of nitrogens with zero attached hydrogens (tertiary/aromatic N) is 2. The number of aromatic nitrogens is 1. The summed E-state index contributed by atoms with van der Waals surface area (Å²) in [6, 6.07) is 12.0. The smallest absolute Gasteiger partial charge is 0.323 e. The van der Waals surface area contributed by atoms with Crippen LogP contribution in [0.1, 0.15) is 24.2 Å². The average molecular weight is 480 g/mol. The summed E-state index contributed by atoms with van der Waals surface area (Å²) in [6.45, 7) is 4.70. The number of fused-ring (bicyclic) bond motifs is 2. The van der Waals surface area contributed by atoms with E-state index in [4.69, 9.17) is 4.74 Å². The van der Waals surface area contributed by atoms with Crippen LogP contribution in [0.15, 0.2) is 48.7 Å². The van der Waals surface area contributed by atoms with Crippen LogP contribution in [0.5, 0.6) is 5.75 Å². The fraction of sp³-hybridized carbons (Fsp3) is 0.385. The van der Waals surface area contributed by atoms with Crippen molar-refractivity contribution in [3.63, 3.8) is 0 Å². The summed E-state index contributed by atoms with van der Waals surface area (Å²) in [5, 5.41) is 19.6. The molecule has 1 aliphatic heterocycles. The Balaban J connectivity index is 1.66. The molecule has 0 saturated carbocycles. The number of benzene rings is 2. The van der Waals surface area contributed by atoms with Crippen LogP contribution in [-0.2, 0) is 7.05 Å². The Hall–Kier alpha value is -3.56. The summed E-state index contributed by atoms with van der Waals surface area (Å²) in [6.07, 6.45) is 1.69. The van der Waals surface area contributed by atoms with Crippen molar-refractivity contribution in [3.05, 3.63) is 54.2 Å². The molecule has 4 rings (SSSR count). The Bertz CT molecular complexity index is 1220. The lowest BCUT2D eigenvalue weighted by Gasteiger charge is -2.37. The summed E-state index contributed by atoms with van der Waals surface area (Å²) in [4.78, 5) is 28.2. The summed E-state index contributed by atoms with van der Waals surface area (Å²) in [5.74, 6) is 0.0769. The highest BCUT2D eigenvalue weighted by molar-refractivity contribution is 6.07. The number of aliphatic hydroxyl groups excluding tert-OH is 1. The number of rotatable bonds is 6. The monoisotopic (exact) mass is 479 g/mol. The topological polar surface area (TPSA) is 108 Å². The van der Waals surface area contributed by atoms with Crippen LogP contribution in [-0.4, -0.2) is 65.4 Å². The molecule has 0 radical (unpaired) electrons. The minimum Gasteiger partial charge on any atom is -0.486 e. The van der Waals surface area contributed by atoms with Crippen molar-refractivity contribution in [2.24, 2.45) is 13.0 Å². The van der Waals surface area contributed by atoms with Gasteiger partial charge in [-0.1, -0.05) is 19.1 Å². The molecule has 1 aliphatic rings. The lowest BCUT2D eigenvalue weighted by atomic mass is 9.99. The van der Waals surface area contributed by atoms with Crippen molar-refractivity contribution in [3.8, 4) is 5.75 Å². The van der Waals surface area contributed by atoms with Crippen LogP contribution in [0.3, 0.4) is 0 Å². The molecule has 0 spiro atoms. The third-order valence-corrected chi connectivity index (χ3v) is 6.52. The van der Waals surface area contributed by atoms with Gasteiger partial charge in [0.05, 0.1) is 29.6 Å². The summed E-state index contributed by atoms with van der Waals surface area (Å²) in [7, 11) is 3.79. The van der Waals surface area contributed by atoms with E-state index in [1.165, 1.54) is 0 Å². The molecule has 0 aliphatic carbocycles. The molecule has 3 aromatic rings. The van der Waals surface area contributed by atoms with Crippen LogP contribution in [0.25, 0.3) is 10.9 Å². The molecule has 9 nitrogen and oxygen atoms in total. The highest BCUT2D eigenvalue weighted by Crippen LogP contribution is 2.35. The SMILES string of the molecule is CNCC1Oc2c(NC(=O)Nc3cccc4c3ccn4C)cccc2C(=O)N(C(C)CO)CC1C. The molecular weight excluding hydrogens is 446 g/mol. The minimum atomic E-state index is -0.438. The number of amides is 3. The fourth-order valence-electron chi connectivity index (χ4n) is 4.47. The first-order chi connectivity index (χ1) is 16.8. The predicted octanol–water partition coefficient (Wildman–Crippen LogP) is 3.26. The molecule has 3 atom stereocenters. The molecule has 2 aromatic carbocycles. The normalized spacial score (nSPS) is 18.9. The first-order valence-corrected chi connectivity index (χ1v) is 11.8. The minimum absolute atomic E-state index is 0.00823. The van der Waals surface area contributed by atoms with Crippen molar-refractivity contribution in [2.75, 3.05) is 37.4 Å². The molecule has 0 bridgehead atoms. The highest BCUT2D eigenvalue weighted by Gasteiger charge is 2.33. The summed E-state index contributed by atoms with van der Waals surface area (Å²) < 4.78 is 8.35. The van der Waals surface area contributed by atoms with E-state index < -0.39 is 6.03 Å². The van der Waals surface area contributed by atoms with Crippen molar-refractivity contribution >= 4 is 34.2 Å². The van der Waals surface area contributed by atoms with Gasteiger partial charge in [-0.15, -0.1) is 0 Å². The number of carbonyl (C=O) groups is 2. The van der Waals surface area contributed by atoms with Gasteiger partial charge >= 0.3 is 6.03 Å². The summed E-state index contributed by atoms with van der Waals surface area (Å²) in [5.41, 5.74) is 2.44. The van der Waals surface area contributed by atoms with Gasteiger partial charge in [0, 0.05) is 43.2 Å². The lowest BCUT2D eigenvalue weighted by molar-refractivity contribution is 0.0417. The van der Waals surface area contributed by atoms with Gasteiger partial charge in [0.15, 0.2) is 5.75 Å². The second-order valence-electron chi connectivity index (χ2n) is 9.11. The number of urea groups is 1. The maximum absolute atomic E-state index is 13.5. The number of para-hydroxylation sites is 1. The van der Waals surface area contributed by atoms with Gasteiger partial charge < -0.3 is 35.3 Å². The first kappa shape index (κ1) is 24.6. The number of nitrogens with one attached hydrogen (secondary N) is 3. The number of anilines is 2. The highest BCUT2D eigenvalue weighted by atomic mass is 16.5. The third kappa shape index (κ3) is 4.96. The van der Waals surface area contributed by atoms with E-state index >= 15 is 0 Å². The van der Waals surface area contributed by atoms with Crippen LogP contribution >= 0.6 is 0 Å². The number of likely N-dealkylation sites (N-methyl/N-ethyl adjacent to an activating group) is 1. The zero-order chi connectivity index (χ0) is 25.1. The molecule has 0 fully saturated rings. The van der Waals surface area contributed by atoms with E-state index in [0.717, 1.165) is 10.9 Å². The van der Waals surface area contributed by atoms with Gasteiger partial charge in [0.25, 0.3) is 5.91 Å². The summed E-state index contributed by atoms with van der Waals surface area (Å²) >= 11 is 0. The van der Waals surface area contributed by atoms with Crippen LogP contribution in [0.2, 0.25) is 0 Å². The quantitative estimate of drug-likeness (QED) is 0.434. The van der Waals surface area contributed by atoms with Crippen molar-refractivity contribution in [1.29, 1.82) is 0 Å². The van der Waals surface area contributed by atoms with E-state index in [2.05, 4.69) is 16.0 Å². The largest absolute Gasteiger partial charge is 0.486 e. The van der Waals surface area contributed by atoms with Gasteiger partial charge in [-0.3, -0.25) is 4.79 Å². The Labute approximate surface area is 205 Å². The second-order valence-corrected chi connectivity index (χ2v) is 9.11. The Morgan fingerprint density at radius 1 is 1.17 bits per heavy atom. The molecule has 0 saturated heterocycles. The standard InChI is InChI=1S/C26H33N5O4/c1-16-14-31(17(2)15-32)25(33)19-7-5-9-21(24(19)35-23(16)13-27-3)29-26(34)28-20-8-6-10-22-18(20)11-12-30(22)4/h5-12,16-17,23,27,32H,13-15H2,1-4H3,(H2,28,29,34). The maximum atomic E-state index is 13.5. The van der Waals surface area contributed by atoms with Crippen molar-refractivity contribution < 1.29 is 19.4 Å². The number of hydrogen-bond donors (Lipinski definition) is 4. The fourth-order valence-corrected chi connectivity index (χ4v) is 4.47. The van der Waals surface area contributed by atoms with Crippen LogP contribution < -0.4 is 20.7 Å². The molecule has 2 heterocycles. The Morgan fingerprint density at radius 3 is 2.63 bits per heavy atom. The van der Waals surface area contributed by atoms with Crippen LogP contribution in [0, 0.1) is 5.92 Å². The van der Waals surface area contributed by atoms with Crippen molar-refractivity contribution in [1.82, 2.24) is 14.8 Å². The number of ether oxygens (including phenoxy) is 1. The number of carbonyl (C=O) groups excluding carboxylic acids is 2. The average Bonchev–Trinajstić information content (AvgIpc) is 3.23. The zero-order valence-corrected chi connectivity index (χ0v) is 20.5. The molecule has 3 amide bonds. The first-order valence-electron chi connectivity index (χ1n) is 11.8. The van der Waals surface area contributed by atoms with E-state index in [9.17, 15) is 14.7 Å². The van der Waals surface area contributed by atoms with E-state index in [1.54, 1.807) is 23.1 Å². The number of hydrogen-bond acceptors (Lipinski definition) is 5.